The van der Waals surface area contributed by atoms with Crippen LogP contribution in [0.4, 0.5) is 11.4 Å². The quantitative estimate of drug-likeness (QED) is 0.757. The van der Waals surface area contributed by atoms with Gasteiger partial charge in [0.2, 0.25) is 0 Å². The van der Waals surface area contributed by atoms with Crippen molar-refractivity contribution in [1.29, 1.82) is 0 Å². The van der Waals surface area contributed by atoms with E-state index < -0.39 is 0 Å². The molecule has 0 heterocycles. The Hall–Kier alpha value is -1.87. The summed E-state index contributed by atoms with van der Waals surface area (Å²) in [5.74, 6) is 0. The highest BCUT2D eigenvalue weighted by molar-refractivity contribution is 7.80. The number of rotatable bonds is 5. The normalized spacial score (nSPS) is 9.95. The van der Waals surface area contributed by atoms with Crippen molar-refractivity contribution in [2.75, 3.05) is 18.6 Å². The van der Waals surface area contributed by atoms with Crippen molar-refractivity contribution in [2.24, 2.45) is 0 Å². The molecule has 0 spiro atoms. The first-order chi connectivity index (χ1) is 9.31. The molecule has 0 saturated carbocycles. The lowest BCUT2D eigenvalue weighted by Gasteiger charge is -2.25. The first kappa shape index (κ1) is 13.6. The molecule has 2 rings (SSSR count). The smallest absolute Gasteiger partial charge is 0.161 e. The van der Waals surface area contributed by atoms with Gasteiger partial charge in [0.25, 0.3) is 0 Å². The zero-order valence-electron chi connectivity index (χ0n) is 11.0. The minimum Gasteiger partial charge on any atom is -0.490 e. The van der Waals surface area contributed by atoms with Crippen LogP contribution in [-0.4, -0.2) is 18.7 Å². The SMILES string of the molecule is COC(=S)CCN(c1ccccc1)c1ccccc1. The lowest BCUT2D eigenvalue weighted by molar-refractivity contribution is 0.403. The number of para-hydroxylation sites is 2. The molecular weight excluding hydrogens is 254 g/mol. The summed E-state index contributed by atoms with van der Waals surface area (Å²) in [6.45, 7) is 0.806. The van der Waals surface area contributed by atoms with Crippen molar-refractivity contribution in [3.8, 4) is 0 Å². The molecule has 0 aliphatic heterocycles. The maximum absolute atomic E-state index is 5.12. The van der Waals surface area contributed by atoms with Gasteiger partial charge in [-0.1, -0.05) is 36.4 Å². The average Bonchev–Trinajstić information content (AvgIpc) is 2.49. The highest BCUT2D eigenvalue weighted by atomic mass is 32.1. The number of hydrogen-bond donors (Lipinski definition) is 0. The van der Waals surface area contributed by atoms with Gasteiger partial charge in [-0.05, 0) is 36.5 Å². The molecule has 0 bridgehead atoms. The number of hydrogen-bond acceptors (Lipinski definition) is 3. The van der Waals surface area contributed by atoms with Gasteiger partial charge in [-0.25, -0.2) is 0 Å². The van der Waals surface area contributed by atoms with Gasteiger partial charge < -0.3 is 9.64 Å². The summed E-state index contributed by atoms with van der Waals surface area (Å²) in [5.41, 5.74) is 2.32. The van der Waals surface area contributed by atoms with Crippen LogP contribution >= 0.6 is 12.2 Å². The van der Waals surface area contributed by atoms with E-state index in [1.54, 1.807) is 7.11 Å². The van der Waals surface area contributed by atoms with Gasteiger partial charge in [-0.2, -0.15) is 0 Å². The molecule has 0 aliphatic rings. The predicted octanol–water partition coefficient (Wildman–Crippen LogP) is 4.19. The van der Waals surface area contributed by atoms with Gasteiger partial charge >= 0.3 is 0 Å². The van der Waals surface area contributed by atoms with Crippen molar-refractivity contribution in [1.82, 2.24) is 0 Å². The zero-order chi connectivity index (χ0) is 13.5. The zero-order valence-corrected chi connectivity index (χ0v) is 11.8. The Morgan fingerprint density at radius 2 is 1.42 bits per heavy atom. The molecule has 0 aromatic heterocycles. The maximum Gasteiger partial charge on any atom is 0.161 e. The van der Waals surface area contributed by atoms with Crippen LogP contribution in [0, 0.1) is 0 Å². The second kappa shape index (κ2) is 6.90. The molecule has 19 heavy (non-hydrogen) atoms. The highest BCUT2D eigenvalue weighted by Gasteiger charge is 2.09. The van der Waals surface area contributed by atoms with Gasteiger partial charge in [0, 0.05) is 24.3 Å². The van der Waals surface area contributed by atoms with Gasteiger partial charge in [-0.3, -0.25) is 0 Å². The molecule has 2 aromatic carbocycles. The molecule has 0 N–H and O–H groups in total. The van der Waals surface area contributed by atoms with Gasteiger partial charge in [-0.15, -0.1) is 0 Å². The maximum atomic E-state index is 5.12. The number of benzene rings is 2. The topological polar surface area (TPSA) is 12.5 Å². The molecule has 98 valence electrons. The number of nitrogens with zero attached hydrogens (tertiary/aromatic N) is 1. The molecular formula is C16H17NOS. The Morgan fingerprint density at radius 1 is 0.947 bits per heavy atom. The molecule has 2 nitrogen and oxygen atoms in total. The summed E-state index contributed by atoms with van der Waals surface area (Å²) in [6.07, 6.45) is 0.732. The molecule has 3 heteroatoms. The van der Waals surface area contributed by atoms with E-state index in [4.69, 9.17) is 17.0 Å². The highest BCUT2D eigenvalue weighted by Crippen LogP contribution is 2.24. The van der Waals surface area contributed by atoms with E-state index in [9.17, 15) is 0 Å². The predicted molar refractivity (Wildman–Crippen MR) is 84.1 cm³/mol. The summed E-state index contributed by atoms with van der Waals surface area (Å²) in [6, 6.07) is 20.6. The summed E-state index contributed by atoms with van der Waals surface area (Å²) in [5, 5.41) is 0.636. The van der Waals surface area contributed by atoms with E-state index in [0.717, 1.165) is 24.3 Å². The van der Waals surface area contributed by atoms with Crippen LogP contribution in [0.15, 0.2) is 60.7 Å². The van der Waals surface area contributed by atoms with Gasteiger partial charge in [0.05, 0.1) is 7.11 Å². The first-order valence-electron chi connectivity index (χ1n) is 6.25. The largest absolute Gasteiger partial charge is 0.490 e. The second-order valence-corrected chi connectivity index (χ2v) is 4.60. The van der Waals surface area contributed by atoms with Gasteiger partial charge in [0.1, 0.15) is 0 Å². The summed E-state index contributed by atoms with van der Waals surface area (Å²) in [7, 11) is 1.62. The minimum absolute atomic E-state index is 0.636. The third-order valence-corrected chi connectivity index (χ3v) is 3.27. The molecule has 0 saturated heterocycles. The number of thiocarbonyl (C=S) groups is 1. The molecule has 0 fully saturated rings. The first-order valence-corrected chi connectivity index (χ1v) is 6.66. The van der Waals surface area contributed by atoms with E-state index >= 15 is 0 Å². The van der Waals surface area contributed by atoms with Crippen molar-refractivity contribution in [2.45, 2.75) is 6.42 Å². The lowest BCUT2D eigenvalue weighted by atomic mass is 10.2. The van der Waals surface area contributed by atoms with Crippen LogP contribution in [-0.2, 0) is 4.74 Å². The summed E-state index contributed by atoms with van der Waals surface area (Å²) >= 11 is 5.12. The Balaban J connectivity index is 2.21. The van der Waals surface area contributed by atoms with E-state index in [0.29, 0.717) is 5.05 Å². The van der Waals surface area contributed by atoms with E-state index in [2.05, 4.69) is 29.2 Å². The third-order valence-electron chi connectivity index (χ3n) is 2.90. The summed E-state index contributed by atoms with van der Waals surface area (Å²) < 4.78 is 5.08. The molecule has 0 radical (unpaired) electrons. The van der Waals surface area contributed by atoms with Crippen molar-refractivity contribution >= 4 is 28.6 Å². The Kier molecular flexibility index (Phi) is 4.93. The van der Waals surface area contributed by atoms with Gasteiger partial charge in [0.15, 0.2) is 5.05 Å². The van der Waals surface area contributed by atoms with Crippen molar-refractivity contribution in [3.05, 3.63) is 60.7 Å². The van der Waals surface area contributed by atoms with E-state index in [1.807, 2.05) is 36.4 Å². The molecule has 0 atom stereocenters. The molecule has 0 unspecified atom stereocenters. The van der Waals surface area contributed by atoms with Crippen LogP contribution in [0.2, 0.25) is 0 Å². The number of anilines is 2. The third kappa shape index (κ3) is 3.80. The lowest BCUT2D eigenvalue weighted by Crippen LogP contribution is -2.20. The number of ether oxygens (including phenoxy) is 1. The molecule has 0 amide bonds. The van der Waals surface area contributed by atoms with E-state index in [1.165, 1.54) is 0 Å². The summed E-state index contributed by atoms with van der Waals surface area (Å²) in [4.78, 5) is 2.24. The van der Waals surface area contributed by atoms with Crippen LogP contribution in [0.1, 0.15) is 6.42 Å². The van der Waals surface area contributed by atoms with E-state index in [-0.39, 0.29) is 0 Å². The van der Waals surface area contributed by atoms with Crippen molar-refractivity contribution < 1.29 is 4.74 Å². The minimum atomic E-state index is 0.636. The Labute approximate surface area is 119 Å². The fourth-order valence-corrected chi connectivity index (χ4v) is 2.02. The Morgan fingerprint density at radius 3 is 1.84 bits per heavy atom. The standard InChI is InChI=1S/C16H17NOS/c1-18-16(19)12-13-17(14-8-4-2-5-9-14)15-10-6-3-7-11-15/h2-11H,12-13H2,1H3. The van der Waals surface area contributed by atoms with Crippen LogP contribution in [0.25, 0.3) is 0 Å². The van der Waals surface area contributed by atoms with Crippen LogP contribution in [0.5, 0.6) is 0 Å². The number of methoxy groups -OCH3 is 1. The second-order valence-electron chi connectivity index (χ2n) is 4.15. The van der Waals surface area contributed by atoms with Crippen LogP contribution in [0.3, 0.4) is 0 Å². The fraction of sp³-hybridized carbons (Fsp3) is 0.188. The average molecular weight is 271 g/mol. The van der Waals surface area contributed by atoms with Crippen LogP contribution < -0.4 is 4.90 Å². The molecule has 0 aliphatic carbocycles. The molecule has 2 aromatic rings. The monoisotopic (exact) mass is 271 g/mol. The van der Waals surface area contributed by atoms with Crippen molar-refractivity contribution in [3.63, 3.8) is 0 Å². The Bertz CT molecular complexity index is 473. The fourth-order valence-electron chi connectivity index (χ4n) is 1.93.